The number of fused-ring (bicyclic) bond motifs is 1. The Bertz CT molecular complexity index is 563. The van der Waals surface area contributed by atoms with Crippen molar-refractivity contribution in [2.45, 2.75) is 39.7 Å². The summed E-state index contributed by atoms with van der Waals surface area (Å²) in [4.78, 5) is 4.70. The number of para-hydroxylation sites is 2. The topological polar surface area (TPSA) is 75.1 Å². The van der Waals surface area contributed by atoms with Gasteiger partial charge in [0, 0.05) is 19.7 Å². The van der Waals surface area contributed by atoms with E-state index in [1.165, 1.54) is 0 Å². The maximum Gasteiger partial charge on any atom is 0.191 e. The lowest BCUT2D eigenvalue weighted by atomic mass is 9.94. The van der Waals surface area contributed by atoms with Crippen molar-refractivity contribution in [3.63, 3.8) is 0 Å². The van der Waals surface area contributed by atoms with Crippen LogP contribution in [0.5, 0.6) is 11.5 Å². The standard InChI is InChI=1S/C20H33N3O3/c1-4-21-20(22-12-16(9-10-24)11-15(2)3)23-13-17-14-25-18-7-5-6-8-19(18)26-17/h5-8,15-17,24H,4,9-14H2,1-3H3,(H2,21,22,23). The van der Waals surface area contributed by atoms with Gasteiger partial charge in [-0.05, 0) is 43.7 Å². The molecule has 1 aromatic rings. The summed E-state index contributed by atoms with van der Waals surface area (Å²) in [5.74, 6) is 3.36. The van der Waals surface area contributed by atoms with Gasteiger partial charge >= 0.3 is 0 Å². The summed E-state index contributed by atoms with van der Waals surface area (Å²) < 4.78 is 11.7. The van der Waals surface area contributed by atoms with E-state index in [4.69, 9.17) is 14.5 Å². The maximum atomic E-state index is 9.26. The van der Waals surface area contributed by atoms with Gasteiger partial charge in [0.1, 0.15) is 12.7 Å². The Balaban J connectivity index is 1.87. The van der Waals surface area contributed by atoms with Crippen LogP contribution in [0.4, 0.5) is 0 Å². The van der Waals surface area contributed by atoms with E-state index in [1.807, 2.05) is 31.2 Å². The van der Waals surface area contributed by atoms with E-state index in [0.717, 1.165) is 36.8 Å². The lowest BCUT2D eigenvalue weighted by Gasteiger charge is -2.27. The van der Waals surface area contributed by atoms with Crippen molar-refractivity contribution in [3.05, 3.63) is 24.3 Å². The van der Waals surface area contributed by atoms with E-state index >= 15 is 0 Å². The molecule has 0 amide bonds. The molecule has 2 unspecified atom stereocenters. The molecule has 146 valence electrons. The zero-order chi connectivity index (χ0) is 18.8. The Hall–Kier alpha value is -1.95. The van der Waals surface area contributed by atoms with E-state index < -0.39 is 0 Å². The molecule has 0 aliphatic carbocycles. The Labute approximate surface area is 157 Å². The number of aliphatic hydroxyl groups is 1. The molecule has 1 aromatic carbocycles. The van der Waals surface area contributed by atoms with Crippen LogP contribution in [-0.2, 0) is 0 Å². The molecule has 1 aliphatic heterocycles. The van der Waals surface area contributed by atoms with E-state index in [1.54, 1.807) is 0 Å². The molecule has 2 atom stereocenters. The van der Waals surface area contributed by atoms with Gasteiger partial charge < -0.3 is 25.2 Å². The van der Waals surface area contributed by atoms with Crippen LogP contribution < -0.4 is 20.1 Å². The molecule has 26 heavy (non-hydrogen) atoms. The van der Waals surface area contributed by atoms with Gasteiger partial charge in [-0.1, -0.05) is 26.0 Å². The molecule has 1 heterocycles. The third-order valence-electron chi connectivity index (χ3n) is 4.26. The largest absolute Gasteiger partial charge is 0.486 e. The molecule has 0 saturated carbocycles. The minimum Gasteiger partial charge on any atom is -0.486 e. The number of nitrogens with one attached hydrogen (secondary N) is 2. The lowest BCUT2D eigenvalue weighted by molar-refractivity contribution is 0.0936. The Morgan fingerprint density at radius 1 is 1.27 bits per heavy atom. The van der Waals surface area contributed by atoms with Crippen LogP contribution in [0.2, 0.25) is 0 Å². The van der Waals surface area contributed by atoms with Gasteiger partial charge in [0.05, 0.1) is 6.54 Å². The van der Waals surface area contributed by atoms with Crippen molar-refractivity contribution in [2.24, 2.45) is 16.8 Å². The van der Waals surface area contributed by atoms with E-state index in [2.05, 4.69) is 24.5 Å². The van der Waals surface area contributed by atoms with Crippen LogP contribution in [0.15, 0.2) is 29.3 Å². The summed E-state index contributed by atoms with van der Waals surface area (Å²) in [6.07, 6.45) is 1.80. The molecule has 0 aromatic heterocycles. The quantitative estimate of drug-likeness (QED) is 0.464. The van der Waals surface area contributed by atoms with E-state index in [-0.39, 0.29) is 12.7 Å². The molecular formula is C20H33N3O3. The van der Waals surface area contributed by atoms with Crippen molar-refractivity contribution in [2.75, 3.05) is 32.8 Å². The summed E-state index contributed by atoms with van der Waals surface area (Å²) in [5, 5.41) is 15.9. The van der Waals surface area contributed by atoms with Gasteiger partial charge in [0.25, 0.3) is 0 Å². The normalized spacial score (nSPS) is 17.9. The highest BCUT2D eigenvalue weighted by atomic mass is 16.6. The second kappa shape index (κ2) is 10.9. The van der Waals surface area contributed by atoms with Gasteiger partial charge in [0.2, 0.25) is 0 Å². The van der Waals surface area contributed by atoms with Crippen LogP contribution in [0.25, 0.3) is 0 Å². The smallest absolute Gasteiger partial charge is 0.191 e. The van der Waals surface area contributed by atoms with Crippen molar-refractivity contribution < 1.29 is 14.6 Å². The molecule has 0 spiro atoms. The predicted octanol–water partition coefficient (Wildman–Crippen LogP) is 2.43. The van der Waals surface area contributed by atoms with Gasteiger partial charge in [-0.2, -0.15) is 0 Å². The van der Waals surface area contributed by atoms with Gasteiger partial charge in [-0.25, -0.2) is 0 Å². The maximum absolute atomic E-state index is 9.26. The first-order valence-electron chi connectivity index (χ1n) is 9.63. The van der Waals surface area contributed by atoms with Crippen molar-refractivity contribution in [3.8, 4) is 11.5 Å². The molecule has 0 fully saturated rings. The fraction of sp³-hybridized carbons (Fsp3) is 0.650. The highest BCUT2D eigenvalue weighted by molar-refractivity contribution is 5.79. The average Bonchev–Trinajstić information content (AvgIpc) is 2.63. The summed E-state index contributed by atoms with van der Waals surface area (Å²) >= 11 is 0. The molecule has 1 aliphatic rings. The summed E-state index contributed by atoms with van der Waals surface area (Å²) in [6.45, 7) is 9.31. The van der Waals surface area contributed by atoms with Crippen LogP contribution in [0, 0.1) is 11.8 Å². The van der Waals surface area contributed by atoms with Crippen LogP contribution in [0.3, 0.4) is 0 Å². The molecule has 6 heteroatoms. The fourth-order valence-electron chi connectivity index (χ4n) is 3.07. The number of benzene rings is 1. The number of nitrogens with zero attached hydrogens (tertiary/aromatic N) is 1. The predicted molar refractivity (Wildman–Crippen MR) is 105 cm³/mol. The van der Waals surface area contributed by atoms with E-state index in [9.17, 15) is 5.11 Å². The zero-order valence-electron chi connectivity index (χ0n) is 16.2. The monoisotopic (exact) mass is 363 g/mol. The molecule has 2 rings (SSSR count). The number of hydrogen-bond donors (Lipinski definition) is 3. The van der Waals surface area contributed by atoms with Crippen LogP contribution >= 0.6 is 0 Å². The second-order valence-electron chi connectivity index (χ2n) is 7.11. The van der Waals surface area contributed by atoms with E-state index in [0.29, 0.717) is 31.5 Å². The Kier molecular flexibility index (Phi) is 8.54. The van der Waals surface area contributed by atoms with Crippen molar-refractivity contribution in [1.29, 1.82) is 0 Å². The summed E-state index contributed by atoms with van der Waals surface area (Å²) in [5.41, 5.74) is 0. The number of aliphatic imine (C=N–C) groups is 1. The number of aliphatic hydroxyl groups excluding tert-OH is 1. The first kappa shape index (κ1) is 20.4. The first-order valence-corrected chi connectivity index (χ1v) is 9.63. The highest BCUT2D eigenvalue weighted by Gasteiger charge is 2.20. The summed E-state index contributed by atoms with van der Waals surface area (Å²) in [7, 11) is 0. The Morgan fingerprint density at radius 3 is 2.73 bits per heavy atom. The first-order chi connectivity index (χ1) is 12.6. The third kappa shape index (κ3) is 6.75. The number of guanidine groups is 1. The zero-order valence-corrected chi connectivity index (χ0v) is 16.2. The number of ether oxygens (including phenoxy) is 2. The number of rotatable bonds is 9. The molecule has 0 saturated heterocycles. The third-order valence-corrected chi connectivity index (χ3v) is 4.26. The molecule has 0 bridgehead atoms. The lowest BCUT2D eigenvalue weighted by Crippen LogP contribution is -2.45. The number of hydrogen-bond acceptors (Lipinski definition) is 4. The Morgan fingerprint density at radius 2 is 2.04 bits per heavy atom. The van der Waals surface area contributed by atoms with Gasteiger partial charge in [0.15, 0.2) is 17.5 Å². The molecule has 0 radical (unpaired) electrons. The molecular weight excluding hydrogens is 330 g/mol. The van der Waals surface area contributed by atoms with Crippen molar-refractivity contribution in [1.82, 2.24) is 10.6 Å². The van der Waals surface area contributed by atoms with Crippen LogP contribution in [0.1, 0.15) is 33.6 Å². The average molecular weight is 364 g/mol. The minimum absolute atomic E-state index is 0.0577. The fourth-order valence-corrected chi connectivity index (χ4v) is 3.07. The molecule has 6 nitrogen and oxygen atoms in total. The second-order valence-corrected chi connectivity index (χ2v) is 7.11. The molecule has 3 N–H and O–H groups in total. The van der Waals surface area contributed by atoms with Crippen molar-refractivity contribution >= 4 is 5.96 Å². The summed E-state index contributed by atoms with van der Waals surface area (Å²) in [6, 6.07) is 7.73. The van der Waals surface area contributed by atoms with Crippen LogP contribution in [-0.4, -0.2) is 50.0 Å². The van der Waals surface area contributed by atoms with Gasteiger partial charge in [-0.3, -0.25) is 4.99 Å². The minimum atomic E-state index is -0.0577. The highest BCUT2D eigenvalue weighted by Crippen LogP contribution is 2.30. The SMILES string of the molecule is CCNC(=NCC(CCO)CC(C)C)NCC1COc2ccccc2O1. The van der Waals surface area contributed by atoms with Gasteiger partial charge in [-0.15, -0.1) is 0 Å².